The van der Waals surface area contributed by atoms with Gasteiger partial charge in [0.15, 0.2) is 0 Å². The second-order valence-corrected chi connectivity index (χ2v) is 9.01. The van der Waals surface area contributed by atoms with E-state index in [9.17, 15) is 15.3 Å². The van der Waals surface area contributed by atoms with Crippen LogP contribution in [0.1, 0.15) is 59.3 Å². The van der Waals surface area contributed by atoms with Gasteiger partial charge in [-0.3, -0.25) is 0 Å². The summed E-state index contributed by atoms with van der Waals surface area (Å²) < 4.78 is 0. The molecule has 1 saturated carbocycles. The second kappa shape index (κ2) is 5.44. The van der Waals surface area contributed by atoms with Gasteiger partial charge in [0, 0.05) is 5.41 Å². The van der Waals surface area contributed by atoms with Crippen molar-refractivity contribution in [1.29, 1.82) is 0 Å². The third kappa shape index (κ3) is 2.35. The lowest BCUT2D eigenvalue weighted by molar-refractivity contribution is -0.178. The number of fused-ring (bicyclic) bond motifs is 2. The molecule has 3 rings (SSSR count). The number of aliphatic hydroxyl groups excluding tert-OH is 3. The molecule has 0 radical (unpaired) electrons. The molecule has 23 heavy (non-hydrogen) atoms. The van der Waals surface area contributed by atoms with E-state index in [0.29, 0.717) is 6.42 Å². The Balaban J connectivity index is 2.03. The number of rotatable bonds is 2. The Hall–Kier alpha value is -0.640. The molecule has 0 spiro atoms. The summed E-state index contributed by atoms with van der Waals surface area (Å²) in [6, 6.07) is 0. The predicted molar refractivity (Wildman–Crippen MR) is 91.8 cm³/mol. The summed E-state index contributed by atoms with van der Waals surface area (Å²) >= 11 is 0. The predicted octanol–water partition coefficient (Wildman–Crippen LogP) is 3.20. The van der Waals surface area contributed by atoms with Gasteiger partial charge < -0.3 is 15.3 Å². The molecule has 3 nitrogen and oxygen atoms in total. The summed E-state index contributed by atoms with van der Waals surface area (Å²) in [6.45, 7) is 10.4. The van der Waals surface area contributed by atoms with Crippen LogP contribution in [-0.2, 0) is 0 Å². The first-order chi connectivity index (χ1) is 10.7. The van der Waals surface area contributed by atoms with Gasteiger partial charge in [0.1, 0.15) is 0 Å². The van der Waals surface area contributed by atoms with Crippen molar-refractivity contribution in [2.45, 2.75) is 71.5 Å². The third-order valence-electron chi connectivity index (χ3n) is 7.49. The van der Waals surface area contributed by atoms with E-state index in [4.69, 9.17) is 0 Å². The molecule has 0 saturated heterocycles. The smallest absolute Gasteiger partial charge is 0.0877 e. The van der Waals surface area contributed by atoms with Gasteiger partial charge in [-0.25, -0.2) is 0 Å². The van der Waals surface area contributed by atoms with Crippen LogP contribution in [0.2, 0.25) is 0 Å². The standard InChI is InChI=1S/C20H32O3/c1-5-18(2)9-8-14-13(10-18)6-7-16-19(14,3)11-15(22)17(23)20(16,4)12-21/h5,15-17,21-23H,1,6-12H2,2-4H3. The SMILES string of the molecule is C=CC1(C)CCC2=C(CCC3C2(C)CC(O)C(O)C3(C)CO)C1. The van der Waals surface area contributed by atoms with Gasteiger partial charge in [-0.1, -0.05) is 38.0 Å². The molecule has 6 unspecified atom stereocenters. The Morgan fingerprint density at radius 3 is 2.52 bits per heavy atom. The molecular formula is C20H32O3. The molecule has 1 fully saturated rings. The van der Waals surface area contributed by atoms with Crippen molar-refractivity contribution < 1.29 is 15.3 Å². The first-order valence-corrected chi connectivity index (χ1v) is 9.02. The number of hydrogen-bond acceptors (Lipinski definition) is 3. The first kappa shape index (κ1) is 17.2. The van der Waals surface area contributed by atoms with E-state index in [-0.39, 0.29) is 23.4 Å². The van der Waals surface area contributed by atoms with Gasteiger partial charge in [0.05, 0.1) is 18.8 Å². The molecule has 0 bridgehead atoms. The average Bonchev–Trinajstić information content (AvgIpc) is 2.52. The summed E-state index contributed by atoms with van der Waals surface area (Å²) in [5, 5.41) is 31.0. The lowest BCUT2D eigenvalue weighted by atomic mass is 9.46. The van der Waals surface area contributed by atoms with Gasteiger partial charge in [-0.2, -0.15) is 0 Å². The quantitative estimate of drug-likeness (QED) is 0.685. The fourth-order valence-electron chi connectivity index (χ4n) is 5.94. The van der Waals surface area contributed by atoms with Crippen molar-refractivity contribution in [1.82, 2.24) is 0 Å². The Labute approximate surface area is 140 Å². The summed E-state index contributed by atoms with van der Waals surface area (Å²) in [7, 11) is 0. The fourth-order valence-corrected chi connectivity index (χ4v) is 5.94. The fraction of sp³-hybridized carbons (Fsp3) is 0.800. The zero-order chi connectivity index (χ0) is 17.0. The molecule has 3 aliphatic carbocycles. The van der Waals surface area contributed by atoms with Crippen LogP contribution in [0.5, 0.6) is 0 Å². The highest BCUT2D eigenvalue weighted by Crippen LogP contribution is 2.62. The molecule has 0 aromatic heterocycles. The van der Waals surface area contributed by atoms with Gasteiger partial charge in [0.2, 0.25) is 0 Å². The first-order valence-electron chi connectivity index (χ1n) is 9.02. The minimum Gasteiger partial charge on any atom is -0.396 e. The van der Waals surface area contributed by atoms with E-state index in [1.807, 2.05) is 6.92 Å². The lowest BCUT2D eigenvalue weighted by Gasteiger charge is -2.60. The minimum absolute atomic E-state index is 0.0710. The lowest BCUT2D eigenvalue weighted by Crippen LogP contribution is -2.60. The van der Waals surface area contributed by atoms with E-state index < -0.39 is 17.6 Å². The summed E-state index contributed by atoms with van der Waals surface area (Å²) in [4.78, 5) is 0. The van der Waals surface area contributed by atoms with Crippen molar-refractivity contribution in [3.63, 3.8) is 0 Å². The minimum atomic E-state index is -0.838. The van der Waals surface area contributed by atoms with Gasteiger partial charge in [-0.05, 0) is 55.3 Å². The highest BCUT2D eigenvalue weighted by Gasteiger charge is 2.59. The summed E-state index contributed by atoms with van der Waals surface area (Å²) in [6.07, 6.45) is 6.38. The normalized spacial score (nSPS) is 50.3. The van der Waals surface area contributed by atoms with Crippen molar-refractivity contribution in [2.24, 2.45) is 22.2 Å². The van der Waals surface area contributed by atoms with E-state index >= 15 is 0 Å². The second-order valence-electron chi connectivity index (χ2n) is 9.01. The van der Waals surface area contributed by atoms with E-state index in [1.54, 1.807) is 5.57 Å². The summed E-state index contributed by atoms with van der Waals surface area (Å²) in [5.41, 5.74) is 2.51. The maximum absolute atomic E-state index is 10.5. The van der Waals surface area contributed by atoms with Crippen LogP contribution in [-0.4, -0.2) is 34.1 Å². The maximum atomic E-state index is 10.5. The van der Waals surface area contributed by atoms with Crippen molar-refractivity contribution in [2.75, 3.05) is 6.61 Å². The van der Waals surface area contributed by atoms with E-state index in [0.717, 1.165) is 32.1 Å². The topological polar surface area (TPSA) is 60.7 Å². The highest BCUT2D eigenvalue weighted by atomic mass is 16.3. The molecule has 0 aromatic rings. The maximum Gasteiger partial charge on any atom is 0.0877 e. The molecule has 0 aromatic carbocycles. The Bertz CT molecular complexity index is 539. The molecule has 0 amide bonds. The molecule has 3 aliphatic rings. The average molecular weight is 320 g/mol. The van der Waals surface area contributed by atoms with Gasteiger partial charge >= 0.3 is 0 Å². The molecule has 6 atom stereocenters. The van der Waals surface area contributed by atoms with Crippen molar-refractivity contribution in [3.05, 3.63) is 23.8 Å². The van der Waals surface area contributed by atoms with Crippen LogP contribution in [0.3, 0.4) is 0 Å². The highest BCUT2D eigenvalue weighted by molar-refractivity contribution is 5.33. The Kier molecular flexibility index (Phi) is 4.06. The Morgan fingerprint density at radius 1 is 1.22 bits per heavy atom. The number of allylic oxidation sites excluding steroid dienone is 3. The van der Waals surface area contributed by atoms with Crippen LogP contribution in [0.25, 0.3) is 0 Å². The number of aliphatic hydroxyl groups is 3. The van der Waals surface area contributed by atoms with Crippen LogP contribution >= 0.6 is 0 Å². The van der Waals surface area contributed by atoms with Crippen molar-refractivity contribution in [3.8, 4) is 0 Å². The van der Waals surface area contributed by atoms with Crippen molar-refractivity contribution >= 4 is 0 Å². The van der Waals surface area contributed by atoms with Crippen LogP contribution in [0.15, 0.2) is 23.8 Å². The van der Waals surface area contributed by atoms with Gasteiger partial charge in [-0.15, -0.1) is 6.58 Å². The molecule has 0 aliphatic heterocycles. The molecule has 130 valence electrons. The largest absolute Gasteiger partial charge is 0.396 e. The monoisotopic (exact) mass is 320 g/mol. The summed E-state index contributed by atoms with van der Waals surface area (Å²) in [5.74, 6) is 0.227. The van der Waals surface area contributed by atoms with Crippen LogP contribution < -0.4 is 0 Å². The molecular weight excluding hydrogens is 288 g/mol. The van der Waals surface area contributed by atoms with E-state index in [2.05, 4.69) is 26.5 Å². The molecule has 3 heteroatoms. The zero-order valence-electron chi connectivity index (χ0n) is 14.8. The molecule has 0 heterocycles. The molecule has 3 N–H and O–H groups in total. The Morgan fingerprint density at radius 2 is 1.91 bits per heavy atom. The van der Waals surface area contributed by atoms with Gasteiger partial charge in [0.25, 0.3) is 0 Å². The third-order valence-corrected chi connectivity index (χ3v) is 7.49. The van der Waals surface area contributed by atoms with Crippen LogP contribution in [0.4, 0.5) is 0 Å². The van der Waals surface area contributed by atoms with E-state index in [1.165, 1.54) is 5.57 Å². The zero-order valence-corrected chi connectivity index (χ0v) is 14.8. The number of hydrogen-bond donors (Lipinski definition) is 3. The van der Waals surface area contributed by atoms with Crippen LogP contribution in [0, 0.1) is 22.2 Å².